The van der Waals surface area contributed by atoms with Crippen molar-refractivity contribution in [3.63, 3.8) is 0 Å². The number of Topliss-reactive ketones (excluding diaryl/α,β-unsaturated/α-hetero) is 2. The quantitative estimate of drug-likeness (QED) is 0.603. The molecular weight excluding hydrogens is 212 g/mol. The molecule has 0 N–H and O–H groups in total. The van der Waals surface area contributed by atoms with Gasteiger partial charge in [-0.15, -0.1) is 0 Å². The third kappa shape index (κ3) is 1.88. The van der Waals surface area contributed by atoms with Crippen LogP contribution in [0.15, 0.2) is 11.1 Å². The lowest BCUT2D eigenvalue weighted by molar-refractivity contribution is -0.139. The Morgan fingerprint density at radius 1 is 1.29 bits per heavy atom. The first-order valence-corrected chi connectivity index (χ1v) is 6.58. The maximum Gasteiger partial charge on any atom is 0.159 e. The summed E-state index contributed by atoms with van der Waals surface area (Å²) in [6, 6.07) is 0. The molecule has 0 radical (unpaired) electrons. The van der Waals surface area contributed by atoms with Gasteiger partial charge in [0.1, 0.15) is 5.78 Å². The molecule has 0 amide bonds. The molecule has 0 aromatic heterocycles. The second kappa shape index (κ2) is 4.08. The number of hydrogen-bond acceptors (Lipinski definition) is 2. The lowest BCUT2D eigenvalue weighted by Gasteiger charge is -2.48. The molecule has 0 unspecified atom stereocenters. The number of hydrogen-bond donors (Lipinski definition) is 0. The van der Waals surface area contributed by atoms with Crippen LogP contribution in [0.4, 0.5) is 0 Å². The van der Waals surface area contributed by atoms with E-state index in [2.05, 4.69) is 13.8 Å². The van der Waals surface area contributed by atoms with Crippen LogP contribution >= 0.6 is 0 Å². The summed E-state index contributed by atoms with van der Waals surface area (Å²) in [6.45, 7) is 8.45. The Hall–Kier alpha value is -0.920. The van der Waals surface area contributed by atoms with E-state index in [1.165, 1.54) is 0 Å². The average Bonchev–Trinajstić information content (AvgIpc) is 2.26. The third-order valence-electron chi connectivity index (χ3n) is 5.02. The molecule has 2 saturated carbocycles. The molecule has 2 aliphatic carbocycles. The van der Waals surface area contributed by atoms with Gasteiger partial charge in [0.05, 0.1) is 0 Å². The van der Waals surface area contributed by atoms with Gasteiger partial charge >= 0.3 is 0 Å². The van der Waals surface area contributed by atoms with E-state index in [-0.39, 0.29) is 17.1 Å². The van der Waals surface area contributed by atoms with Crippen molar-refractivity contribution >= 4 is 11.6 Å². The Labute approximate surface area is 103 Å². The van der Waals surface area contributed by atoms with E-state index in [9.17, 15) is 9.59 Å². The first kappa shape index (κ1) is 12.5. The van der Waals surface area contributed by atoms with Gasteiger partial charge < -0.3 is 0 Å². The van der Waals surface area contributed by atoms with Crippen LogP contribution in [0.3, 0.4) is 0 Å². The molecule has 0 bridgehead atoms. The fraction of sp³-hybridized carbons (Fsp3) is 0.733. The average molecular weight is 234 g/mol. The maximum absolute atomic E-state index is 12.1. The highest BCUT2D eigenvalue weighted by Crippen LogP contribution is 2.52. The molecule has 2 fully saturated rings. The van der Waals surface area contributed by atoms with Crippen molar-refractivity contribution in [2.75, 3.05) is 0 Å². The second-order valence-electron chi connectivity index (χ2n) is 6.25. The van der Waals surface area contributed by atoms with Crippen LogP contribution in [0.25, 0.3) is 0 Å². The fourth-order valence-electron chi connectivity index (χ4n) is 3.46. The summed E-state index contributed by atoms with van der Waals surface area (Å²) in [7, 11) is 0. The Kier molecular flexibility index (Phi) is 3.01. The predicted octanol–water partition coefficient (Wildman–Crippen LogP) is 3.31. The highest BCUT2D eigenvalue weighted by atomic mass is 16.1. The topological polar surface area (TPSA) is 34.1 Å². The zero-order chi connectivity index (χ0) is 12.8. The lowest BCUT2D eigenvalue weighted by atomic mass is 9.54. The van der Waals surface area contributed by atoms with Crippen molar-refractivity contribution in [2.45, 2.75) is 53.4 Å². The van der Waals surface area contributed by atoms with Gasteiger partial charge in [0.25, 0.3) is 0 Å². The van der Waals surface area contributed by atoms with Gasteiger partial charge in [-0.25, -0.2) is 0 Å². The third-order valence-corrected chi connectivity index (χ3v) is 5.02. The number of carbonyl (C=O) groups is 2. The van der Waals surface area contributed by atoms with E-state index in [0.717, 1.165) is 24.0 Å². The molecule has 17 heavy (non-hydrogen) atoms. The van der Waals surface area contributed by atoms with Gasteiger partial charge in [0.2, 0.25) is 0 Å². The summed E-state index contributed by atoms with van der Waals surface area (Å²) in [5.74, 6) is 1.02. The van der Waals surface area contributed by atoms with Gasteiger partial charge in [0, 0.05) is 18.8 Å². The number of ketones is 2. The molecule has 0 spiro atoms. The molecule has 2 nitrogen and oxygen atoms in total. The molecule has 0 saturated heterocycles. The van der Waals surface area contributed by atoms with Gasteiger partial charge in [-0.05, 0) is 43.6 Å². The zero-order valence-electron chi connectivity index (χ0n) is 11.3. The summed E-state index contributed by atoms with van der Waals surface area (Å²) in [5.41, 5.74) is 2.11. The first-order chi connectivity index (χ1) is 7.86. The highest BCUT2D eigenvalue weighted by molar-refractivity contribution is 6.01. The van der Waals surface area contributed by atoms with E-state index >= 15 is 0 Å². The minimum Gasteiger partial charge on any atom is -0.299 e. The van der Waals surface area contributed by atoms with Crippen LogP contribution < -0.4 is 0 Å². The fourth-order valence-corrected chi connectivity index (χ4v) is 3.46. The van der Waals surface area contributed by atoms with E-state index in [4.69, 9.17) is 0 Å². The van der Waals surface area contributed by atoms with Gasteiger partial charge in [-0.1, -0.05) is 19.4 Å². The molecule has 2 heteroatoms. The van der Waals surface area contributed by atoms with Crippen molar-refractivity contribution in [3.05, 3.63) is 11.1 Å². The molecule has 3 atom stereocenters. The normalized spacial score (nSPS) is 38.0. The van der Waals surface area contributed by atoms with Crippen LogP contribution in [0.5, 0.6) is 0 Å². The van der Waals surface area contributed by atoms with E-state index in [0.29, 0.717) is 24.5 Å². The largest absolute Gasteiger partial charge is 0.299 e. The van der Waals surface area contributed by atoms with Crippen molar-refractivity contribution in [3.8, 4) is 0 Å². The van der Waals surface area contributed by atoms with E-state index < -0.39 is 0 Å². The second-order valence-corrected chi connectivity index (χ2v) is 6.25. The van der Waals surface area contributed by atoms with Crippen LogP contribution in [0.2, 0.25) is 0 Å². The minimum absolute atomic E-state index is 0.00977. The molecule has 2 aliphatic rings. The SMILES string of the molecule is CC(C)=C1C[C@@]2(C)[C@H](CC1=O)C(=O)CC[C@@H]2C. The molecular formula is C15H22O2. The predicted molar refractivity (Wildman–Crippen MR) is 67.6 cm³/mol. The van der Waals surface area contributed by atoms with Crippen LogP contribution in [-0.4, -0.2) is 11.6 Å². The van der Waals surface area contributed by atoms with Crippen molar-refractivity contribution < 1.29 is 9.59 Å². The van der Waals surface area contributed by atoms with Crippen molar-refractivity contribution in [2.24, 2.45) is 17.3 Å². The Balaban J connectivity index is 2.40. The highest BCUT2D eigenvalue weighted by Gasteiger charge is 2.50. The molecule has 94 valence electrons. The molecule has 0 aromatic rings. The Morgan fingerprint density at radius 2 is 1.94 bits per heavy atom. The molecule has 2 rings (SSSR count). The smallest absolute Gasteiger partial charge is 0.159 e. The summed E-state index contributed by atoms with van der Waals surface area (Å²) in [6.07, 6.45) is 2.89. The van der Waals surface area contributed by atoms with Crippen LogP contribution in [0.1, 0.15) is 53.4 Å². The molecule has 0 heterocycles. The first-order valence-electron chi connectivity index (χ1n) is 6.58. The minimum atomic E-state index is -0.0261. The summed E-state index contributed by atoms with van der Waals surface area (Å²) in [5, 5.41) is 0. The van der Waals surface area contributed by atoms with Crippen molar-refractivity contribution in [1.82, 2.24) is 0 Å². The summed E-state index contributed by atoms with van der Waals surface area (Å²) >= 11 is 0. The number of allylic oxidation sites excluding steroid dienone is 2. The summed E-state index contributed by atoms with van der Waals surface area (Å²) < 4.78 is 0. The van der Waals surface area contributed by atoms with E-state index in [1.54, 1.807) is 0 Å². The standard InChI is InChI=1S/C15H22O2/c1-9(2)11-8-15(4)10(3)5-6-13(16)12(15)7-14(11)17/h10,12H,5-8H2,1-4H3/t10-,12+,15+/m0/s1. The van der Waals surface area contributed by atoms with Crippen LogP contribution in [-0.2, 0) is 9.59 Å². The van der Waals surface area contributed by atoms with Gasteiger partial charge in [-0.2, -0.15) is 0 Å². The lowest BCUT2D eigenvalue weighted by Crippen LogP contribution is -2.47. The Bertz CT molecular complexity index is 401. The summed E-state index contributed by atoms with van der Waals surface area (Å²) in [4.78, 5) is 24.1. The maximum atomic E-state index is 12.1. The van der Waals surface area contributed by atoms with Gasteiger partial charge in [0.15, 0.2) is 5.78 Å². The van der Waals surface area contributed by atoms with Crippen molar-refractivity contribution in [1.29, 1.82) is 0 Å². The number of rotatable bonds is 0. The van der Waals surface area contributed by atoms with Gasteiger partial charge in [-0.3, -0.25) is 9.59 Å². The number of carbonyl (C=O) groups excluding carboxylic acids is 2. The molecule has 0 aromatic carbocycles. The molecule has 0 aliphatic heterocycles. The monoisotopic (exact) mass is 234 g/mol. The zero-order valence-corrected chi connectivity index (χ0v) is 11.3. The number of fused-ring (bicyclic) bond motifs is 1. The Morgan fingerprint density at radius 3 is 2.53 bits per heavy atom. The van der Waals surface area contributed by atoms with E-state index in [1.807, 2.05) is 13.8 Å². The van der Waals surface area contributed by atoms with Crippen LogP contribution in [0, 0.1) is 17.3 Å².